The topological polar surface area (TPSA) is 12.0 Å². The zero-order valence-corrected chi connectivity index (χ0v) is 19.1. The van der Waals surface area contributed by atoms with Crippen molar-refractivity contribution in [1.82, 2.24) is 4.98 Å². The van der Waals surface area contributed by atoms with E-state index < -0.39 is 8.24 Å². The first-order valence-corrected chi connectivity index (χ1v) is 13.2. The van der Waals surface area contributed by atoms with Crippen molar-refractivity contribution in [3.63, 3.8) is 0 Å². The molecule has 0 aromatic heterocycles. The Hall–Kier alpha value is -1.64. The molecule has 0 amide bonds. The molecule has 0 spiro atoms. The number of hydrogen-bond donors (Lipinski definition) is 1. The highest BCUT2D eigenvalue weighted by Gasteiger charge is 2.42. The van der Waals surface area contributed by atoms with Crippen molar-refractivity contribution in [2.45, 2.75) is 70.6 Å². The van der Waals surface area contributed by atoms with Crippen molar-refractivity contribution in [2.75, 3.05) is 0 Å². The van der Waals surface area contributed by atoms with Crippen LogP contribution in [0.1, 0.15) is 63.3 Å². The third-order valence-electron chi connectivity index (χ3n) is 5.64. The van der Waals surface area contributed by atoms with Crippen molar-refractivity contribution in [3.8, 4) is 0 Å². The second-order valence-electron chi connectivity index (χ2n) is 10.3. The second kappa shape index (κ2) is 7.07. The second-order valence-corrected chi connectivity index (χ2v) is 14.6. The summed E-state index contributed by atoms with van der Waals surface area (Å²) in [5.41, 5.74) is 6.73. The largest absolute Gasteiger partial charge is 0.332 e. The maximum absolute atomic E-state index is 4.03. The summed E-state index contributed by atoms with van der Waals surface area (Å²) in [6.07, 6.45) is 3.57. The number of allylic oxidation sites excluding steroid dienone is 1. The number of hydrogen-bond acceptors (Lipinski definition) is 1. The molecule has 1 aliphatic rings. The normalized spacial score (nSPS) is 17.6. The monoisotopic (exact) mass is 377 g/mol. The molecule has 144 valence electrons. The van der Waals surface area contributed by atoms with Crippen LogP contribution in [0.4, 0.5) is 0 Å². The maximum Gasteiger partial charge on any atom is 0.131 e. The molecule has 3 rings (SSSR count). The molecule has 0 aliphatic heterocycles. The molecular formula is C25H35NSi. The summed E-state index contributed by atoms with van der Waals surface area (Å²) >= 11 is 0. The van der Waals surface area contributed by atoms with Crippen molar-refractivity contribution in [1.29, 1.82) is 0 Å². The third-order valence-corrected chi connectivity index (χ3v) is 9.16. The molecule has 0 saturated heterocycles. The Balaban J connectivity index is 1.98. The van der Waals surface area contributed by atoms with Gasteiger partial charge in [0.25, 0.3) is 0 Å². The fourth-order valence-electron chi connectivity index (χ4n) is 4.93. The predicted octanol–water partition coefficient (Wildman–Crippen LogP) is 6.67. The quantitative estimate of drug-likeness (QED) is 0.574. The van der Waals surface area contributed by atoms with E-state index in [2.05, 4.69) is 113 Å². The van der Waals surface area contributed by atoms with E-state index in [-0.39, 0.29) is 11.0 Å². The van der Waals surface area contributed by atoms with Crippen LogP contribution in [-0.2, 0) is 5.41 Å². The Morgan fingerprint density at radius 2 is 1.44 bits per heavy atom. The van der Waals surface area contributed by atoms with Crippen LogP contribution < -0.4 is 4.98 Å². The van der Waals surface area contributed by atoms with E-state index in [0.29, 0.717) is 5.54 Å². The summed E-state index contributed by atoms with van der Waals surface area (Å²) in [6.45, 7) is 16.6. The van der Waals surface area contributed by atoms with Gasteiger partial charge < -0.3 is 4.98 Å². The van der Waals surface area contributed by atoms with Gasteiger partial charge in [-0.25, -0.2) is 0 Å². The van der Waals surface area contributed by atoms with E-state index in [4.69, 9.17) is 0 Å². The van der Waals surface area contributed by atoms with Crippen molar-refractivity contribution in [2.24, 2.45) is 0 Å². The van der Waals surface area contributed by atoms with E-state index in [0.717, 1.165) is 6.42 Å². The number of nitrogens with one attached hydrogen (secondary N) is 1. The molecule has 1 unspecified atom stereocenters. The minimum Gasteiger partial charge on any atom is -0.332 e. The predicted molar refractivity (Wildman–Crippen MR) is 122 cm³/mol. The summed E-state index contributed by atoms with van der Waals surface area (Å²) < 4.78 is 0. The Kier molecular flexibility index (Phi) is 5.26. The molecule has 2 aromatic rings. The lowest BCUT2D eigenvalue weighted by atomic mass is 9.78. The highest BCUT2D eigenvalue weighted by molar-refractivity contribution is 6.77. The van der Waals surface area contributed by atoms with E-state index in [1.165, 1.54) is 16.7 Å². The molecule has 0 bridgehead atoms. The van der Waals surface area contributed by atoms with E-state index >= 15 is 0 Å². The van der Waals surface area contributed by atoms with Gasteiger partial charge in [-0.2, -0.15) is 0 Å². The van der Waals surface area contributed by atoms with Crippen molar-refractivity contribution < 1.29 is 0 Å². The molecular weight excluding hydrogens is 342 g/mol. The fourth-order valence-corrected chi connectivity index (χ4v) is 9.16. The molecule has 1 N–H and O–H groups in total. The third kappa shape index (κ3) is 4.44. The highest BCUT2D eigenvalue weighted by Crippen LogP contribution is 2.46. The van der Waals surface area contributed by atoms with E-state index in [1.807, 2.05) is 0 Å². The maximum atomic E-state index is 4.03. The lowest BCUT2D eigenvalue weighted by Crippen LogP contribution is -2.58. The molecule has 1 nitrogen and oxygen atoms in total. The van der Waals surface area contributed by atoms with E-state index in [9.17, 15) is 0 Å². The fraction of sp³-hybridized carbons (Fsp3) is 0.440. The lowest BCUT2D eigenvalue weighted by Gasteiger charge is -2.40. The first kappa shape index (κ1) is 20.1. The molecule has 1 atom stereocenters. The van der Waals surface area contributed by atoms with Gasteiger partial charge in [-0.15, -0.1) is 0 Å². The minimum atomic E-state index is -1.74. The smallest absolute Gasteiger partial charge is 0.131 e. The number of fused-ring (bicyclic) bond motifs is 1. The number of rotatable bonds is 5. The first-order chi connectivity index (χ1) is 12.5. The van der Waals surface area contributed by atoms with Gasteiger partial charge in [-0.3, -0.25) is 0 Å². The highest BCUT2D eigenvalue weighted by atomic mass is 28.3. The van der Waals surface area contributed by atoms with Crippen LogP contribution in [0.2, 0.25) is 13.1 Å². The van der Waals surface area contributed by atoms with Crippen molar-refractivity contribution in [3.05, 3.63) is 76.9 Å². The molecule has 0 saturated carbocycles. The summed E-state index contributed by atoms with van der Waals surface area (Å²) in [7, 11) is -1.74. The molecule has 2 aromatic carbocycles. The Morgan fingerprint density at radius 3 is 2.07 bits per heavy atom. The summed E-state index contributed by atoms with van der Waals surface area (Å²) in [5, 5.41) is 0. The van der Waals surface area contributed by atoms with Gasteiger partial charge in [0.05, 0.1) is 0 Å². The van der Waals surface area contributed by atoms with Gasteiger partial charge in [-0.1, -0.05) is 93.2 Å². The van der Waals surface area contributed by atoms with E-state index in [1.54, 1.807) is 5.57 Å². The zero-order chi connectivity index (χ0) is 19.9. The van der Waals surface area contributed by atoms with Crippen LogP contribution in [0.3, 0.4) is 0 Å². The summed E-state index contributed by atoms with van der Waals surface area (Å²) in [6, 6.07) is 20.0. The van der Waals surface area contributed by atoms with Gasteiger partial charge in [0.1, 0.15) is 8.24 Å². The van der Waals surface area contributed by atoms with Crippen molar-refractivity contribution >= 4 is 14.3 Å². The van der Waals surface area contributed by atoms with Crippen LogP contribution in [-0.4, -0.2) is 13.8 Å². The average molecular weight is 378 g/mol. The minimum absolute atomic E-state index is 0.125. The van der Waals surface area contributed by atoms with Crippen LogP contribution in [0.15, 0.2) is 60.2 Å². The molecule has 0 heterocycles. The van der Waals surface area contributed by atoms with Crippen LogP contribution in [0.5, 0.6) is 0 Å². The van der Waals surface area contributed by atoms with Crippen LogP contribution in [0, 0.1) is 0 Å². The van der Waals surface area contributed by atoms with Gasteiger partial charge >= 0.3 is 0 Å². The molecule has 0 radical (unpaired) electrons. The Labute approximate surface area is 167 Å². The molecule has 2 heteroatoms. The molecule has 0 fully saturated rings. The van der Waals surface area contributed by atoms with Gasteiger partial charge in [0.15, 0.2) is 0 Å². The van der Waals surface area contributed by atoms with Crippen LogP contribution >= 0.6 is 0 Å². The van der Waals surface area contributed by atoms with Gasteiger partial charge in [-0.05, 0) is 49.3 Å². The summed E-state index contributed by atoms with van der Waals surface area (Å²) in [5.74, 6) is 0. The SMILES string of the molecule is CC(C)(C)N[Si](C)(C)C1C(CC(C)(C)c2ccccc2)=Cc2ccccc21. The Bertz CT molecular complexity index is 825. The average Bonchev–Trinajstić information content (AvgIpc) is 2.91. The molecule has 27 heavy (non-hydrogen) atoms. The first-order valence-electron chi connectivity index (χ1n) is 10.1. The Morgan fingerprint density at radius 1 is 0.852 bits per heavy atom. The van der Waals surface area contributed by atoms with Crippen LogP contribution in [0.25, 0.3) is 6.08 Å². The standard InChI is InChI=1S/C25H35NSi/c1-24(2,3)26-27(6,7)23-20(17-19-13-11-12-16-22(19)23)18-25(4,5)21-14-9-8-10-15-21/h8-17,23,26H,18H2,1-7H3. The molecule has 1 aliphatic carbocycles. The van der Waals surface area contributed by atoms with Gasteiger partial charge in [0.2, 0.25) is 0 Å². The zero-order valence-electron chi connectivity index (χ0n) is 18.1. The lowest BCUT2D eigenvalue weighted by molar-refractivity contribution is 0.497. The van der Waals surface area contributed by atoms with Gasteiger partial charge in [0, 0.05) is 11.1 Å². The summed E-state index contributed by atoms with van der Waals surface area (Å²) in [4.78, 5) is 4.03. The number of benzene rings is 2.